The zero-order chi connectivity index (χ0) is 8.65. The van der Waals surface area contributed by atoms with Gasteiger partial charge >= 0.3 is 83.9 Å². The Labute approximate surface area is 83.9 Å². The van der Waals surface area contributed by atoms with Gasteiger partial charge in [-0.25, -0.2) is 0 Å². The Morgan fingerprint density at radius 1 is 1.25 bits per heavy atom. The van der Waals surface area contributed by atoms with E-state index >= 15 is 0 Å². The molecule has 0 aliphatic carbocycles. The quantitative estimate of drug-likeness (QED) is 0.567. The molecule has 1 aromatic carbocycles. The van der Waals surface area contributed by atoms with Crippen LogP contribution in [-0.4, -0.2) is 40.2 Å². The van der Waals surface area contributed by atoms with Crippen molar-refractivity contribution >= 4 is 25.4 Å². The van der Waals surface area contributed by atoms with E-state index in [-0.39, 0.29) is 0 Å². The van der Waals surface area contributed by atoms with E-state index in [0.29, 0.717) is 6.61 Å². The van der Waals surface area contributed by atoms with Gasteiger partial charge in [0.25, 0.3) is 0 Å². The molecule has 0 bridgehead atoms. The van der Waals surface area contributed by atoms with Gasteiger partial charge in [-0.1, -0.05) is 0 Å². The summed E-state index contributed by atoms with van der Waals surface area (Å²) in [5, 5.41) is 8.54. The molecule has 0 saturated heterocycles. The van der Waals surface area contributed by atoms with Gasteiger partial charge in [-0.05, 0) is 0 Å². The van der Waals surface area contributed by atoms with Crippen molar-refractivity contribution in [1.82, 2.24) is 3.48 Å². The van der Waals surface area contributed by atoms with Crippen LogP contribution in [0.4, 0.5) is 0 Å². The molecule has 0 aromatic heterocycles. The molecule has 1 aromatic rings. The van der Waals surface area contributed by atoms with Crippen molar-refractivity contribution in [2.45, 2.75) is 6.42 Å². The average Bonchev–Trinajstić information content (AvgIpc) is 2.14. The van der Waals surface area contributed by atoms with Crippen LogP contribution in [0.5, 0.6) is 0 Å². The summed E-state index contributed by atoms with van der Waals surface area (Å²) in [5.74, 6) is 0. The molecular formula is C9H14NOSb. The molecule has 0 aliphatic rings. The maximum atomic E-state index is 8.54. The number of aliphatic hydroxyl groups excluding tert-OH is 1. The van der Waals surface area contributed by atoms with Gasteiger partial charge in [0.1, 0.15) is 0 Å². The topological polar surface area (TPSA) is 32.3 Å². The van der Waals surface area contributed by atoms with Gasteiger partial charge in [-0.2, -0.15) is 0 Å². The van der Waals surface area contributed by atoms with E-state index in [0.717, 1.165) is 13.0 Å². The summed E-state index contributed by atoms with van der Waals surface area (Å²) >= 11 is -0.558. The average molecular weight is 274 g/mol. The molecule has 12 heavy (non-hydrogen) atoms. The van der Waals surface area contributed by atoms with Gasteiger partial charge in [-0.3, -0.25) is 0 Å². The Kier molecular flexibility index (Phi) is 5.42. The fourth-order valence-electron chi connectivity index (χ4n) is 0.853. The van der Waals surface area contributed by atoms with Crippen LogP contribution in [0, 0.1) is 0 Å². The fraction of sp³-hybridized carbons (Fsp3) is 0.333. The van der Waals surface area contributed by atoms with Crippen LogP contribution in [-0.2, 0) is 0 Å². The van der Waals surface area contributed by atoms with Crippen molar-refractivity contribution < 1.29 is 5.11 Å². The summed E-state index contributed by atoms with van der Waals surface area (Å²) in [4.78, 5) is 0. The van der Waals surface area contributed by atoms with Crippen molar-refractivity contribution in [3.05, 3.63) is 30.3 Å². The minimum atomic E-state index is -0.558. The number of aliphatic hydroxyl groups is 1. The van der Waals surface area contributed by atoms with E-state index in [1.165, 1.54) is 3.51 Å². The van der Waals surface area contributed by atoms with E-state index in [4.69, 9.17) is 5.11 Å². The molecule has 0 radical (unpaired) electrons. The first-order valence-electron chi connectivity index (χ1n) is 4.08. The second-order valence-electron chi connectivity index (χ2n) is 2.49. The van der Waals surface area contributed by atoms with Crippen LogP contribution in [0.15, 0.2) is 30.3 Å². The Bertz CT molecular complexity index is 203. The monoisotopic (exact) mass is 273 g/mol. The molecule has 3 heteroatoms. The molecule has 0 fully saturated rings. The molecule has 0 unspecified atom stereocenters. The van der Waals surface area contributed by atoms with Crippen molar-refractivity contribution in [2.75, 3.05) is 13.2 Å². The second-order valence-corrected chi connectivity index (χ2v) is 5.87. The SMILES string of the molecule is OCCC[NH][SbH][c]1ccccc1. The Morgan fingerprint density at radius 3 is 2.67 bits per heavy atom. The Hall–Kier alpha value is -0.0418. The molecule has 66 valence electrons. The molecule has 0 heterocycles. The number of nitrogens with one attached hydrogen (secondary N) is 1. The van der Waals surface area contributed by atoms with Crippen LogP contribution >= 0.6 is 0 Å². The van der Waals surface area contributed by atoms with Gasteiger partial charge in [-0.15, -0.1) is 0 Å². The summed E-state index contributed by atoms with van der Waals surface area (Å²) in [6.07, 6.45) is 0.869. The Morgan fingerprint density at radius 2 is 2.00 bits per heavy atom. The summed E-state index contributed by atoms with van der Waals surface area (Å²) in [6, 6.07) is 10.5. The number of hydrogen-bond donors (Lipinski definition) is 2. The molecule has 0 spiro atoms. The third-order valence-electron chi connectivity index (χ3n) is 1.47. The van der Waals surface area contributed by atoms with Crippen molar-refractivity contribution in [1.29, 1.82) is 0 Å². The van der Waals surface area contributed by atoms with Crippen LogP contribution in [0.25, 0.3) is 0 Å². The number of benzene rings is 1. The molecule has 0 atom stereocenters. The van der Waals surface area contributed by atoms with Crippen LogP contribution < -0.4 is 6.99 Å². The molecule has 2 N–H and O–H groups in total. The third-order valence-corrected chi connectivity index (χ3v) is 4.46. The fourth-order valence-corrected chi connectivity index (χ4v) is 3.32. The summed E-state index contributed by atoms with van der Waals surface area (Å²) in [7, 11) is 0. The van der Waals surface area contributed by atoms with Crippen molar-refractivity contribution in [2.24, 2.45) is 0 Å². The third kappa shape index (κ3) is 4.10. The van der Waals surface area contributed by atoms with E-state index in [2.05, 4.69) is 27.7 Å². The van der Waals surface area contributed by atoms with E-state index in [9.17, 15) is 0 Å². The number of hydrogen-bond acceptors (Lipinski definition) is 2. The van der Waals surface area contributed by atoms with Crippen molar-refractivity contribution in [3.8, 4) is 0 Å². The van der Waals surface area contributed by atoms with Crippen LogP contribution in [0.1, 0.15) is 6.42 Å². The first-order valence-corrected chi connectivity index (χ1v) is 6.93. The first kappa shape index (κ1) is 10.0. The minimum absolute atomic E-state index is 0.293. The van der Waals surface area contributed by atoms with E-state index < -0.39 is 21.9 Å². The summed E-state index contributed by atoms with van der Waals surface area (Å²) in [6.45, 7) is 1.25. The normalized spacial score (nSPS) is 10.1. The van der Waals surface area contributed by atoms with Gasteiger partial charge < -0.3 is 0 Å². The maximum absolute atomic E-state index is 8.54. The predicted octanol–water partition coefficient (Wildman–Crippen LogP) is -0.365. The van der Waals surface area contributed by atoms with E-state index in [1.807, 2.05) is 6.07 Å². The summed E-state index contributed by atoms with van der Waals surface area (Å²) in [5.41, 5.74) is 0. The van der Waals surface area contributed by atoms with E-state index in [1.54, 1.807) is 0 Å². The van der Waals surface area contributed by atoms with Gasteiger partial charge in [0.15, 0.2) is 0 Å². The molecule has 1 rings (SSSR count). The first-order chi connectivity index (χ1) is 5.93. The molecule has 0 amide bonds. The summed E-state index contributed by atoms with van der Waals surface area (Å²) < 4.78 is 4.87. The molecular weight excluding hydrogens is 260 g/mol. The second kappa shape index (κ2) is 6.47. The standard InChI is InChI=1S/C6H5.C3H8NO.Sb.H/c1-2-4-6-5-3-1;4-2-1-3-5;;/h1-5H;4-5H,1-3H2;;/q;-1;+1;. The Balaban J connectivity index is 2.16. The van der Waals surface area contributed by atoms with Gasteiger partial charge in [0.2, 0.25) is 0 Å². The molecule has 0 aliphatic heterocycles. The van der Waals surface area contributed by atoms with Crippen LogP contribution in [0.2, 0.25) is 0 Å². The predicted molar refractivity (Wildman–Crippen MR) is 52.9 cm³/mol. The van der Waals surface area contributed by atoms with Crippen LogP contribution in [0.3, 0.4) is 0 Å². The zero-order valence-corrected chi connectivity index (χ0v) is 9.81. The van der Waals surface area contributed by atoms with Gasteiger partial charge in [0.05, 0.1) is 0 Å². The molecule has 2 nitrogen and oxygen atoms in total. The number of rotatable bonds is 5. The van der Waals surface area contributed by atoms with Crippen molar-refractivity contribution in [3.63, 3.8) is 0 Å². The molecule has 0 saturated carbocycles. The zero-order valence-electron chi connectivity index (χ0n) is 6.96. The van der Waals surface area contributed by atoms with Gasteiger partial charge in [0, 0.05) is 0 Å².